The normalized spacial score (nSPS) is 16.4. The summed E-state index contributed by atoms with van der Waals surface area (Å²) in [5.41, 5.74) is 0. The van der Waals surface area contributed by atoms with Gasteiger partial charge in [0.25, 0.3) is 6.17 Å². The number of halogens is 15. The van der Waals surface area contributed by atoms with Crippen molar-refractivity contribution < 1.29 is 65.9 Å². The van der Waals surface area contributed by atoms with Crippen molar-refractivity contribution in [2.24, 2.45) is 0 Å². The first-order valence-electron chi connectivity index (χ1n) is 4.33. The summed E-state index contributed by atoms with van der Waals surface area (Å²) in [6, 6.07) is 0. The second-order valence-corrected chi connectivity index (χ2v) is 3.61. The molecule has 0 aliphatic rings. The number of hydrogen-bond acceptors (Lipinski definition) is 0. The SMILES string of the molecule is F[C](C(F)(F)C(F)(F)F)C(F)(F)C(F)(F)C(F)(F)C(F)(F)F. The molecule has 0 amide bonds. The maximum absolute atomic E-state index is 12.5. The Hall–Kier alpha value is -1.05. The van der Waals surface area contributed by atoms with Crippen molar-refractivity contribution >= 4 is 0 Å². The summed E-state index contributed by atoms with van der Waals surface area (Å²) in [5, 5.41) is 0. The zero-order chi connectivity index (χ0) is 18.6. The van der Waals surface area contributed by atoms with Crippen LogP contribution in [0.1, 0.15) is 0 Å². The van der Waals surface area contributed by atoms with Crippen molar-refractivity contribution in [2.75, 3.05) is 0 Å². The third-order valence-corrected chi connectivity index (χ3v) is 2.05. The van der Waals surface area contributed by atoms with E-state index in [0.29, 0.717) is 0 Å². The van der Waals surface area contributed by atoms with Gasteiger partial charge in [0, 0.05) is 0 Å². The predicted octanol–water partition coefficient (Wildman–Crippen LogP) is 5.15. The molecule has 0 heterocycles. The molecule has 133 valence electrons. The van der Waals surface area contributed by atoms with Crippen molar-refractivity contribution in [1.29, 1.82) is 0 Å². The number of rotatable bonds is 4. The molecule has 22 heavy (non-hydrogen) atoms. The second kappa shape index (κ2) is 4.97. The molecule has 0 nitrogen and oxygen atoms in total. The Labute approximate surface area is 109 Å². The van der Waals surface area contributed by atoms with Gasteiger partial charge in [0.15, 0.2) is 0 Å². The first kappa shape index (κ1) is 20.9. The Morgan fingerprint density at radius 1 is 0.409 bits per heavy atom. The van der Waals surface area contributed by atoms with Crippen LogP contribution in [0.5, 0.6) is 0 Å². The summed E-state index contributed by atoms with van der Waals surface area (Å²) in [6.45, 7) is 0. The van der Waals surface area contributed by atoms with Crippen LogP contribution >= 0.6 is 0 Å². The first-order chi connectivity index (χ1) is 9.15. The lowest BCUT2D eigenvalue weighted by molar-refractivity contribution is -0.405. The molecule has 0 fully saturated rings. The van der Waals surface area contributed by atoms with Gasteiger partial charge in [0.1, 0.15) is 0 Å². The van der Waals surface area contributed by atoms with E-state index >= 15 is 0 Å². The molecular formula is C7F15. The van der Waals surface area contributed by atoms with Gasteiger partial charge in [-0.1, -0.05) is 0 Å². The molecule has 0 bridgehead atoms. The number of alkyl halides is 14. The summed E-state index contributed by atoms with van der Waals surface area (Å²) in [4.78, 5) is 0. The van der Waals surface area contributed by atoms with Crippen LogP contribution in [0.25, 0.3) is 0 Å². The fourth-order valence-electron chi connectivity index (χ4n) is 0.835. The molecule has 0 N–H and O–H groups in total. The van der Waals surface area contributed by atoms with Crippen molar-refractivity contribution in [3.8, 4) is 0 Å². The van der Waals surface area contributed by atoms with E-state index in [2.05, 4.69) is 0 Å². The Kier molecular flexibility index (Phi) is 4.74. The molecule has 0 aliphatic heterocycles. The van der Waals surface area contributed by atoms with Gasteiger partial charge in [-0.25, -0.2) is 4.39 Å². The minimum atomic E-state index is -7.96. The van der Waals surface area contributed by atoms with E-state index < -0.39 is 42.2 Å². The Balaban J connectivity index is 6.03. The van der Waals surface area contributed by atoms with E-state index in [1.165, 1.54) is 0 Å². The summed E-state index contributed by atoms with van der Waals surface area (Å²) in [7, 11) is 0. The molecule has 0 saturated carbocycles. The van der Waals surface area contributed by atoms with Crippen molar-refractivity contribution in [3.63, 3.8) is 0 Å². The quantitative estimate of drug-likeness (QED) is 0.601. The summed E-state index contributed by atoms with van der Waals surface area (Å²) < 4.78 is 180. The third-order valence-electron chi connectivity index (χ3n) is 2.05. The highest BCUT2D eigenvalue weighted by Crippen LogP contribution is 2.60. The molecule has 0 saturated heterocycles. The average molecular weight is 369 g/mol. The maximum atomic E-state index is 12.5. The van der Waals surface area contributed by atoms with Gasteiger partial charge in [-0.05, 0) is 0 Å². The van der Waals surface area contributed by atoms with Gasteiger partial charge in [-0.2, -0.15) is 61.5 Å². The molecule has 0 aromatic heterocycles. The highest BCUT2D eigenvalue weighted by atomic mass is 19.4. The zero-order valence-corrected chi connectivity index (χ0v) is 9.17. The lowest BCUT2D eigenvalue weighted by Gasteiger charge is -2.36. The molecule has 0 aliphatic carbocycles. The first-order valence-corrected chi connectivity index (χ1v) is 4.33. The second-order valence-electron chi connectivity index (χ2n) is 3.61. The average Bonchev–Trinajstić information content (AvgIpc) is 2.24. The van der Waals surface area contributed by atoms with Gasteiger partial charge in [-0.3, -0.25) is 0 Å². The highest BCUT2D eigenvalue weighted by Gasteiger charge is 2.87. The van der Waals surface area contributed by atoms with Crippen molar-refractivity contribution in [1.82, 2.24) is 0 Å². The maximum Gasteiger partial charge on any atom is 0.460 e. The smallest absolute Gasteiger partial charge is 0.226 e. The Bertz CT molecular complexity index is 397. The van der Waals surface area contributed by atoms with Crippen molar-refractivity contribution in [3.05, 3.63) is 6.17 Å². The minimum absolute atomic E-state index is 5.40. The third kappa shape index (κ3) is 2.77. The van der Waals surface area contributed by atoms with E-state index in [-0.39, 0.29) is 0 Å². The Morgan fingerprint density at radius 2 is 0.727 bits per heavy atom. The topological polar surface area (TPSA) is 0 Å². The standard InChI is InChI=1S/C7F15/c8-1(3(11,12)6(17,18)19)2(9,10)4(13,14)5(15,16)7(20,21)22. The highest BCUT2D eigenvalue weighted by molar-refractivity contribution is 5.17. The molecule has 0 aromatic carbocycles. The summed E-state index contributed by atoms with van der Waals surface area (Å²) in [5.74, 6) is -31.0. The van der Waals surface area contributed by atoms with Crippen LogP contribution < -0.4 is 0 Å². The molecule has 0 spiro atoms. The minimum Gasteiger partial charge on any atom is -0.226 e. The van der Waals surface area contributed by atoms with Crippen LogP contribution in [0.3, 0.4) is 0 Å². The largest absolute Gasteiger partial charge is 0.460 e. The van der Waals surface area contributed by atoms with Gasteiger partial charge < -0.3 is 0 Å². The lowest BCUT2D eigenvalue weighted by Crippen LogP contribution is -2.65. The van der Waals surface area contributed by atoms with E-state index in [1.807, 2.05) is 0 Å². The number of hydrogen-bond donors (Lipinski definition) is 0. The van der Waals surface area contributed by atoms with Crippen LogP contribution in [0.4, 0.5) is 65.9 Å². The van der Waals surface area contributed by atoms with Crippen LogP contribution in [-0.2, 0) is 0 Å². The molecule has 15 heteroatoms. The summed E-state index contributed by atoms with van der Waals surface area (Å²) in [6.07, 6.45) is -20.2. The van der Waals surface area contributed by atoms with Gasteiger partial charge in [-0.15, -0.1) is 0 Å². The van der Waals surface area contributed by atoms with Crippen LogP contribution in [0.15, 0.2) is 0 Å². The van der Waals surface area contributed by atoms with E-state index in [9.17, 15) is 65.9 Å². The van der Waals surface area contributed by atoms with E-state index in [4.69, 9.17) is 0 Å². The van der Waals surface area contributed by atoms with Crippen LogP contribution in [0.2, 0.25) is 0 Å². The van der Waals surface area contributed by atoms with E-state index in [1.54, 1.807) is 0 Å². The predicted molar refractivity (Wildman–Crippen MR) is 36.2 cm³/mol. The van der Waals surface area contributed by atoms with Gasteiger partial charge >= 0.3 is 36.0 Å². The summed E-state index contributed by atoms with van der Waals surface area (Å²) >= 11 is 0. The molecule has 1 radical (unpaired) electrons. The molecular weight excluding hydrogens is 369 g/mol. The fraction of sp³-hybridized carbons (Fsp3) is 0.857. The van der Waals surface area contributed by atoms with Crippen molar-refractivity contribution in [2.45, 2.75) is 36.0 Å². The van der Waals surface area contributed by atoms with Crippen LogP contribution in [0, 0.1) is 6.17 Å². The molecule has 0 atom stereocenters. The molecule has 0 aromatic rings. The lowest BCUT2D eigenvalue weighted by atomic mass is 9.96. The zero-order valence-electron chi connectivity index (χ0n) is 9.17. The van der Waals surface area contributed by atoms with Gasteiger partial charge in [0.05, 0.1) is 0 Å². The molecule has 0 rings (SSSR count). The van der Waals surface area contributed by atoms with Crippen LogP contribution in [-0.4, -0.2) is 36.0 Å². The molecule has 0 unspecified atom stereocenters. The van der Waals surface area contributed by atoms with E-state index in [0.717, 1.165) is 0 Å². The monoisotopic (exact) mass is 369 g/mol. The van der Waals surface area contributed by atoms with Gasteiger partial charge in [0.2, 0.25) is 0 Å². The Morgan fingerprint density at radius 3 is 0.955 bits per heavy atom. The fourth-order valence-corrected chi connectivity index (χ4v) is 0.835.